The summed E-state index contributed by atoms with van der Waals surface area (Å²) in [6.45, 7) is 4.18. The van der Waals surface area contributed by atoms with Gasteiger partial charge in [0.05, 0.1) is 16.5 Å². The summed E-state index contributed by atoms with van der Waals surface area (Å²) in [5, 5.41) is 0. The van der Waals surface area contributed by atoms with E-state index < -0.39 is 0 Å². The van der Waals surface area contributed by atoms with Gasteiger partial charge in [0.2, 0.25) is 5.89 Å². The minimum absolute atomic E-state index is 0.396. The van der Waals surface area contributed by atoms with Crippen LogP contribution in [-0.4, -0.2) is 4.98 Å². The molecule has 14 heavy (non-hydrogen) atoms. The van der Waals surface area contributed by atoms with Gasteiger partial charge < -0.3 is 4.42 Å². The van der Waals surface area contributed by atoms with E-state index >= 15 is 0 Å². The van der Waals surface area contributed by atoms with Crippen LogP contribution in [0.15, 0.2) is 16.7 Å². The number of alkyl halides is 1. The first-order valence-corrected chi connectivity index (χ1v) is 5.63. The molecule has 2 aromatic heterocycles. The van der Waals surface area contributed by atoms with Crippen LogP contribution in [0.5, 0.6) is 0 Å². The maximum atomic E-state index is 5.65. The van der Waals surface area contributed by atoms with Crippen molar-refractivity contribution in [3.63, 3.8) is 0 Å². The summed E-state index contributed by atoms with van der Waals surface area (Å²) in [5.74, 6) is 1.06. The summed E-state index contributed by atoms with van der Waals surface area (Å²) in [6.07, 6.45) is 1.60. The molecule has 0 bridgehead atoms. The Morgan fingerprint density at radius 3 is 2.79 bits per heavy atom. The normalized spacial score (nSPS) is 10.8. The Bertz CT molecular complexity index is 427. The Morgan fingerprint density at radius 2 is 2.29 bits per heavy atom. The number of halogens is 1. The average molecular weight is 228 g/mol. The summed E-state index contributed by atoms with van der Waals surface area (Å²) in [5.41, 5.74) is 2.06. The zero-order valence-corrected chi connectivity index (χ0v) is 9.58. The van der Waals surface area contributed by atoms with Gasteiger partial charge >= 0.3 is 0 Å². The molecular formula is C10H10ClNOS. The molecular weight excluding hydrogens is 218 g/mol. The molecule has 4 heteroatoms. The maximum Gasteiger partial charge on any atom is 0.236 e. The molecule has 0 fully saturated rings. The number of hydrogen-bond acceptors (Lipinski definition) is 3. The molecule has 0 saturated heterocycles. The predicted octanol–water partition coefficient (Wildman–Crippen LogP) is 3.76. The highest BCUT2D eigenvalue weighted by molar-refractivity contribution is 7.15. The van der Waals surface area contributed by atoms with E-state index in [0.717, 1.165) is 10.6 Å². The van der Waals surface area contributed by atoms with Gasteiger partial charge in [-0.05, 0) is 25.5 Å². The lowest BCUT2D eigenvalue weighted by Gasteiger charge is -1.85. The summed E-state index contributed by atoms with van der Waals surface area (Å²) < 4.78 is 5.32. The van der Waals surface area contributed by atoms with Crippen molar-refractivity contribution in [3.05, 3.63) is 28.5 Å². The largest absolute Gasteiger partial charge is 0.444 e. The maximum absolute atomic E-state index is 5.65. The zero-order chi connectivity index (χ0) is 10.1. The number of hydrogen-bond donors (Lipinski definition) is 0. The van der Waals surface area contributed by atoms with Crippen LogP contribution in [0.4, 0.5) is 0 Å². The second-order valence-corrected chi connectivity index (χ2v) is 4.65. The van der Waals surface area contributed by atoms with Gasteiger partial charge in [-0.2, -0.15) is 0 Å². The van der Waals surface area contributed by atoms with E-state index in [1.807, 2.05) is 0 Å². The average Bonchev–Trinajstić information content (AvgIpc) is 2.74. The fourth-order valence-corrected chi connectivity index (χ4v) is 2.25. The topological polar surface area (TPSA) is 26.0 Å². The number of aromatic nitrogens is 1. The highest BCUT2D eigenvalue weighted by Crippen LogP contribution is 2.30. The number of thiophene rings is 1. The molecule has 0 aromatic carbocycles. The van der Waals surface area contributed by atoms with Crippen LogP contribution in [0.25, 0.3) is 10.8 Å². The molecule has 74 valence electrons. The second kappa shape index (κ2) is 3.75. The summed E-state index contributed by atoms with van der Waals surface area (Å²) in [6, 6.07) is 2.09. The van der Waals surface area contributed by atoms with Crippen molar-refractivity contribution >= 4 is 22.9 Å². The molecule has 0 unspecified atom stereocenters. The van der Waals surface area contributed by atoms with E-state index in [-0.39, 0.29) is 0 Å². The van der Waals surface area contributed by atoms with E-state index in [2.05, 4.69) is 24.9 Å². The van der Waals surface area contributed by atoms with Crippen LogP contribution in [-0.2, 0) is 5.88 Å². The van der Waals surface area contributed by atoms with E-state index in [1.54, 1.807) is 17.6 Å². The Hall–Kier alpha value is -0.800. The van der Waals surface area contributed by atoms with Gasteiger partial charge in [-0.3, -0.25) is 0 Å². The van der Waals surface area contributed by atoms with Gasteiger partial charge in [0, 0.05) is 4.88 Å². The molecule has 0 amide bonds. The Kier molecular flexibility index (Phi) is 2.61. The number of aryl methyl sites for hydroxylation is 2. The fourth-order valence-electron chi connectivity index (χ4n) is 1.16. The minimum Gasteiger partial charge on any atom is -0.444 e. The van der Waals surface area contributed by atoms with Crippen molar-refractivity contribution in [2.45, 2.75) is 19.7 Å². The monoisotopic (exact) mass is 227 g/mol. The molecule has 0 spiro atoms. The number of nitrogens with zero attached hydrogens (tertiary/aromatic N) is 1. The number of oxazole rings is 1. The van der Waals surface area contributed by atoms with Crippen LogP contribution in [0.3, 0.4) is 0 Å². The smallest absolute Gasteiger partial charge is 0.236 e. The van der Waals surface area contributed by atoms with Crippen LogP contribution < -0.4 is 0 Å². The zero-order valence-electron chi connectivity index (χ0n) is 8.00. The molecule has 0 N–H and O–H groups in total. The summed E-state index contributed by atoms with van der Waals surface area (Å²) in [7, 11) is 0. The van der Waals surface area contributed by atoms with Crippen molar-refractivity contribution in [1.82, 2.24) is 4.98 Å². The molecule has 0 aliphatic rings. The first-order valence-electron chi connectivity index (χ1n) is 4.28. The summed E-state index contributed by atoms with van der Waals surface area (Å²) >= 11 is 7.34. The lowest BCUT2D eigenvalue weighted by molar-refractivity contribution is 0.575. The fraction of sp³-hybridized carbons (Fsp3) is 0.300. The first kappa shape index (κ1) is 9.74. The van der Waals surface area contributed by atoms with Crippen molar-refractivity contribution in [2.24, 2.45) is 0 Å². The molecule has 0 aliphatic heterocycles. The molecule has 0 radical (unpaired) electrons. The van der Waals surface area contributed by atoms with Crippen LogP contribution in [0.2, 0.25) is 0 Å². The van der Waals surface area contributed by atoms with Gasteiger partial charge in [0.1, 0.15) is 6.26 Å². The Labute approximate surface area is 91.5 Å². The minimum atomic E-state index is 0.396. The van der Waals surface area contributed by atoms with Gasteiger partial charge in [-0.25, -0.2) is 4.98 Å². The third kappa shape index (κ3) is 1.70. The Morgan fingerprint density at radius 1 is 1.50 bits per heavy atom. The molecule has 2 rings (SSSR count). The van der Waals surface area contributed by atoms with Crippen LogP contribution in [0, 0.1) is 13.8 Å². The van der Waals surface area contributed by atoms with Gasteiger partial charge in [-0.1, -0.05) is 0 Å². The van der Waals surface area contributed by atoms with Gasteiger partial charge in [-0.15, -0.1) is 22.9 Å². The Balaban J connectivity index is 2.39. The van der Waals surface area contributed by atoms with Crippen LogP contribution >= 0.6 is 22.9 Å². The lowest BCUT2D eigenvalue weighted by atomic mass is 10.3. The summed E-state index contributed by atoms with van der Waals surface area (Å²) in [4.78, 5) is 6.63. The molecule has 0 atom stereocenters. The van der Waals surface area contributed by atoms with Gasteiger partial charge in [0.15, 0.2) is 0 Å². The third-order valence-electron chi connectivity index (χ3n) is 2.07. The lowest BCUT2D eigenvalue weighted by Crippen LogP contribution is -1.75. The van der Waals surface area contributed by atoms with Crippen molar-refractivity contribution in [1.29, 1.82) is 0 Å². The van der Waals surface area contributed by atoms with Crippen LogP contribution in [0.1, 0.15) is 16.1 Å². The number of rotatable bonds is 2. The first-order chi connectivity index (χ1) is 6.70. The molecule has 2 heterocycles. The van der Waals surface area contributed by atoms with E-state index in [0.29, 0.717) is 11.8 Å². The third-order valence-corrected chi connectivity index (χ3v) is 3.48. The van der Waals surface area contributed by atoms with E-state index in [9.17, 15) is 0 Å². The van der Waals surface area contributed by atoms with Gasteiger partial charge in [0.25, 0.3) is 0 Å². The second-order valence-electron chi connectivity index (χ2n) is 3.13. The molecule has 2 aromatic rings. The quantitative estimate of drug-likeness (QED) is 0.731. The van der Waals surface area contributed by atoms with E-state index in [1.165, 1.54) is 10.4 Å². The SMILES string of the molecule is Cc1cc(-c2nc(CCl)co2)sc1C. The van der Waals surface area contributed by atoms with Crippen molar-refractivity contribution < 1.29 is 4.42 Å². The molecule has 2 nitrogen and oxygen atoms in total. The molecule has 0 aliphatic carbocycles. The highest BCUT2D eigenvalue weighted by atomic mass is 35.5. The van der Waals surface area contributed by atoms with E-state index in [4.69, 9.17) is 16.0 Å². The molecule has 0 saturated carbocycles. The predicted molar refractivity (Wildman–Crippen MR) is 58.8 cm³/mol. The standard InChI is InChI=1S/C10H10ClNOS/c1-6-3-9(14-7(6)2)10-12-8(4-11)5-13-10/h3,5H,4H2,1-2H3. The highest BCUT2D eigenvalue weighted by Gasteiger charge is 2.09. The van der Waals surface area contributed by atoms with Crippen molar-refractivity contribution in [2.75, 3.05) is 0 Å². The van der Waals surface area contributed by atoms with Crippen molar-refractivity contribution in [3.8, 4) is 10.8 Å².